The Bertz CT molecular complexity index is 994. The topological polar surface area (TPSA) is 61.2 Å². The molecule has 4 rings (SSSR count). The molecule has 26 heavy (non-hydrogen) atoms. The van der Waals surface area contributed by atoms with E-state index >= 15 is 0 Å². The summed E-state index contributed by atoms with van der Waals surface area (Å²) in [5.74, 6) is -1.09. The van der Waals surface area contributed by atoms with Gasteiger partial charge in [-0.15, -0.1) is 0 Å². The number of hydrogen-bond acceptors (Lipinski definition) is 4. The zero-order valence-electron chi connectivity index (χ0n) is 14.0. The Hall–Kier alpha value is -3.28. The minimum absolute atomic E-state index is 0.250. The maximum absolute atomic E-state index is 13.4. The van der Waals surface area contributed by atoms with Crippen molar-refractivity contribution in [2.24, 2.45) is 0 Å². The van der Waals surface area contributed by atoms with Crippen molar-refractivity contribution in [1.82, 2.24) is 9.55 Å². The smallest absolute Gasteiger partial charge is 0.303 e. The first-order valence-electron chi connectivity index (χ1n) is 8.15. The molecule has 0 N–H and O–H groups in total. The first-order valence-corrected chi connectivity index (χ1v) is 8.15. The van der Waals surface area contributed by atoms with E-state index < -0.39 is 12.1 Å². The molecule has 1 atom stereocenters. The van der Waals surface area contributed by atoms with Gasteiger partial charge in [0.25, 0.3) is 0 Å². The summed E-state index contributed by atoms with van der Waals surface area (Å²) in [6, 6.07) is 9.71. The van der Waals surface area contributed by atoms with Crippen molar-refractivity contribution in [3.8, 4) is 22.3 Å². The molecule has 0 saturated carbocycles. The second-order valence-corrected chi connectivity index (χ2v) is 6.12. The molecule has 0 spiro atoms. The Morgan fingerprint density at radius 1 is 1.15 bits per heavy atom. The van der Waals surface area contributed by atoms with Crippen molar-refractivity contribution >= 4 is 11.8 Å². The zero-order chi connectivity index (χ0) is 18.3. The van der Waals surface area contributed by atoms with E-state index in [9.17, 15) is 14.0 Å². The molecular weight excluding hydrogens is 335 g/mol. The molecule has 2 aromatic heterocycles. The SMILES string of the molecule is CC(=O)OC1Cn2cc(-c3ccncc3)c(-c3ccc(F)cc3)c2C1=O. The molecule has 5 nitrogen and oxygen atoms in total. The van der Waals surface area contributed by atoms with Crippen LogP contribution in [0, 0.1) is 5.82 Å². The zero-order valence-corrected chi connectivity index (χ0v) is 14.0. The molecule has 0 fully saturated rings. The molecule has 130 valence electrons. The molecule has 1 unspecified atom stereocenters. The number of nitrogens with zero attached hydrogens (tertiary/aromatic N) is 2. The van der Waals surface area contributed by atoms with Gasteiger partial charge in [0.2, 0.25) is 5.78 Å². The second kappa shape index (κ2) is 6.22. The largest absolute Gasteiger partial charge is 0.452 e. The minimum Gasteiger partial charge on any atom is -0.452 e. The predicted octanol–water partition coefficient (Wildman–Crippen LogP) is 3.48. The molecule has 0 aliphatic carbocycles. The third-order valence-electron chi connectivity index (χ3n) is 4.40. The van der Waals surface area contributed by atoms with Crippen LogP contribution >= 0.6 is 0 Å². The molecule has 6 heteroatoms. The maximum Gasteiger partial charge on any atom is 0.303 e. The van der Waals surface area contributed by atoms with Gasteiger partial charge < -0.3 is 9.30 Å². The number of ether oxygens (including phenoxy) is 1. The number of hydrogen-bond donors (Lipinski definition) is 0. The van der Waals surface area contributed by atoms with Crippen molar-refractivity contribution in [2.75, 3.05) is 0 Å². The highest BCUT2D eigenvalue weighted by molar-refractivity contribution is 6.09. The van der Waals surface area contributed by atoms with Crippen LogP contribution in [-0.2, 0) is 16.1 Å². The number of carbonyl (C=O) groups excluding carboxylic acids is 2. The van der Waals surface area contributed by atoms with Gasteiger partial charge in [-0.25, -0.2) is 4.39 Å². The highest BCUT2D eigenvalue weighted by Gasteiger charge is 2.37. The highest BCUT2D eigenvalue weighted by atomic mass is 19.1. The fourth-order valence-corrected chi connectivity index (χ4v) is 3.33. The van der Waals surface area contributed by atoms with Crippen LogP contribution in [-0.4, -0.2) is 27.4 Å². The number of carbonyl (C=O) groups is 2. The Kier molecular flexibility index (Phi) is 3.88. The van der Waals surface area contributed by atoms with E-state index in [1.807, 2.05) is 18.3 Å². The summed E-state index contributed by atoms with van der Waals surface area (Å²) < 4.78 is 20.3. The molecule has 3 heterocycles. The molecule has 1 aliphatic rings. The normalized spacial score (nSPS) is 15.8. The van der Waals surface area contributed by atoms with Crippen LogP contribution in [0.1, 0.15) is 17.4 Å². The third kappa shape index (κ3) is 2.69. The predicted molar refractivity (Wildman–Crippen MR) is 92.9 cm³/mol. The molecule has 0 saturated heterocycles. The third-order valence-corrected chi connectivity index (χ3v) is 4.40. The van der Waals surface area contributed by atoms with Crippen molar-refractivity contribution in [2.45, 2.75) is 19.6 Å². The Labute approximate surface area is 149 Å². The van der Waals surface area contributed by atoms with Crippen LogP contribution in [0.5, 0.6) is 0 Å². The van der Waals surface area contributed by atoms with Gasteiger partial charge in [-0.1, -0.05) is 12.1 Å². The van der Waals surface area contributed by atoms with Gasteiger partial charge in [-0.05, 0) is 35.4 Å². The summed E-state index contributed by atoms with van der Waals surface area (Å²) in [4.78, 5) is 28.1. The fraction of sp³-hybridized carbons (Fsp3) is 0.150. The Morgan fingerprint density at radius 3 is 2.50 bits per heavy atom. The summed E-state index contributed by atoms with van der Waals surface area (Å²) >= 11 is 0. The maximum atomic E-state index is 13.4. The molecule has 1 aromatic carbocycles. The van der Waals surface area contributed by atoms with Crippen molar-refractivity contribution < 1.29 is 18.7 Å². The lowest BCUT2D eigenvalue weighted by molar-refractivity contribution is -0.144. The summed E-state index contributed by atoms with van der Waals surface area (Å²) in [5, 5.41) is 0. The summed E-state index contributed by atoms with van der Waals surface area (Å²) in [6.07, 6.45) is 4.39. The number of ketones is 1. The van der Waals surface area contributed by atoms with Crippen LogP contribution in [0.25, 0.3) is 22.3 Å². The number of halogens is 1. The lowest BCUT2D eigenvalue weighted by Gasteiger charge is -2.10. The number of esters is 1. The quantitative estimate of drug-likeness (QED) is 0.679. The van der Waals surface area contributed by atoms with E-state index in [1.165, 1.54) is 19.1 Å². The van der Waals surface area contributed by atoms with E-state index in [1.54, 1.807) is 29.1 Å². The van der Waals surface area contributed by atoms with Crippen LogP contribution in [0.15, 0.2) is 55.0 Å². The van der Waals surface area contributed by atoms with E-state index in [2.05, 4.69) is 4.98 Å². The van der Waals surface area contributed by atoms with Gasteiger partial charge in [0.1, 0.15) is 5.82 Å². The van der Waals surface area contributed by atoms with Crippen LogP contribution in [0.3, 0.4) is 0 Å². The monoisotopic (exact) mass is 350 g/mol. The number of rotatable bonds is 3. The van der Waals surface area contributed by atoms with Gasteiger partial charge in [0.15, 0.2) is 6.10 Å². The van der Waals surface area contributed by atoms with Crippen LogP contribution in [0.4, 0.5) is 4.39 Å². The number of benzene rings is 1. The number of Topliss-reactive ketones (excluding diaryl/α,β-unsaturated/α-hetero) is 1. The number of aromatic nitrogens is 2. The van der Waals surface area contributed by atoms with Crippen molar-refractivity contribution in [1.29, 1.82) is 0 Å². The van der Waals surface area contributed by atoms with Crippen LogP contribution < -0.4 is 0 Å². The Balaban J connectivity index is 1.89. The molecule has 0 bridgehead atoms. The molecular formula is C20H15FN2O3. The lowest BCUT2D eigenvalue weighted by Crippen LogP contribution is -2.23. The van der Waals surface area contributed by atoms with Gasteiger partial charge in [0.05, 0.1) is 12.2 Å². The summed E-state index contributed by atoms with van der Waals surface area (Å²) in [7, 11) is 0. The van der Waals surface area contributed by atoms with Gasteiger partial charge >= 0.3 is 5.97 Å². The number of fused-ring (bicyclic) bond motifs is 1. The molecule has 1 aliphatic heterocycles. The van der Waals surface area contributed by atoms with Gasteiger partial charge in [-0.2, -0.15) is 0 Å². The second-order valence-electron chi connectivity index (χ2n) is 6.12. The average Bonchev–Trinajstić information content (AvgIpc) is 3.13. The van der Waals surface area contributed by atoms with E-state index in [0.29, 0.717) is 11.3 Å². The first-order chi connectivity index (χ1) is 12.5. The molecule has 0 amide bonds. The standard InChI is InChI=1S/C20H15FN2O3/c1-12(24)26-17-11-23-10-16(13-6-8-22-9-7-13)18(19(23)20(17)25)14-2-4-15(21)5-3-14/h2-10,17H,11H2,1H3. The van der Waals surface area contributed by atoms with E-state index in [4.69, 9.17) is 4.74 Å². The summed E-state index contributed by atoms with van der Waals surface area (Å²) in [6.45, 7) is 1.55. The highest BCUT2D eigenvalue weighted by Crippen LogP contribution is 2.39. The minimum atomic E-state index is -0.826. The molecule has 0 radical (unpaired) electrons. The van der Waals surface area contributed by atoms with Gasteiger partial charge in [-0.3, -0.25) is 14.6 Å². The Morgan fingerprint density at radius 2 is 1.85 bits per heavy atom. The lowest BCUT2D eigenvalue weighted by atomic mass is 9.95. The van der Waals surface area contributed by atoms with Crippen molar-refractivity contribution in [3.63, 3.8) is 0 Å². The number of pyridine rings is 1. The first kappa shape index (κ1) is 16.2. The van der Waals surface area contributed by atoms with E-state index in [0.717, 1.165) is 16.7 Å². The molecule has 3 aromatic rings. The summed E-state index contributed by atoms with van der Waals surface area (Å²) in [5.41, 5.74) is 3.65. The van der Waals surface area contributed by atoms with Crippen LogP contribution in [0.2, 0.25) is 0 Å². The fourth-order valence-electron chi connectivity index (χ4n) is 3.33. The van der Waals surface area contributed by atoms with E-state index in [-0.39, 0.29) is 18.1 Å². The van der Waals surface area contributed by atoms with Crippen molar-refractivity contribution in [3.05, 3.63) is 66.5 Å². The average molecular weight is 350 g/mol. The van der Waals surface area contributed by atoms with Gasteiger partial charge in [0, 0.05) is 36.6 Å².